The number of imidazole rings is 1. The predicted molar refractivity (Wildman–Crippen MR) is 120 cm³/mol. The molecule has 0 spiro atoms. The van der Waals surface area contributed by atoms with E-state index in [4.69, 9.17) is 9.72 Å². The molecule has 1 saturated heterocycles. The SMILES string of the molecule is Cn1c(CN2CCOCC2)nc2cc(NC(=O)c3ccc(C(C)(C)C)cc3)ccc21. The molecule has 6 nitrogen and oxygen atoms in total. The van der Waals surface area contributed by atoms with Gasteiger partial charge in [0.15, 0.2) is 0 Å². The molecule has 0 unspecified atom stereocenters. The topological polar surface area (TPSA) is 59.4 Å². The Morgan fingerprint density at radius 1 is 1.10 bits per heavy atom. The number of anilines is 1. The van der Waals surface area contributed by atoms with Crippen molar-refractivity contribution >= 4 is 22.6 Å². The second-order valence-electron chi connectivity index (χ2n) is 8.96. The summed E-state index contributed by atoms with van der Waals surface area (Å²) in [6.07, 6.45) is 0. The summed E-state index contributed by atoms with van der Waals surface area (Å²) in [7, 11) is 2.04. The molecule has 1 aliphatic rings. The highest BCUT2D eigenvalue weighted by atomic mass is 16.5. The molecule has 0 aliphatic carbocycles. The van der Waals surface area contributed by atoms with Crippen molar-refractivity contribution in [3.63, 3.8) is 0 Å². The highest BCUT2D eigenvalue weighted by Gasteiger charge is 2.17. The predicted octanol–water partition coefficient (Wildman–Crippen LogP) is 3.96. The number of fused-ring (bicyclic) bond motifs is 1. The number of benzene rings is 2. The number of carbonyl (C=O) groups excluding carboxylic acids is 1. The fraction of sp³-hybridized carbons (Fsp3) is 0.417. The van der Waals surface area contributed by atoms with E-state index in [1.54, 1.807) is 0 Å². The van der Waals surface area contributed by atoms with Crippen LogP contribution in [0.25, 0.3) is 11.0 Å². The van der Waals surface area contributed by atoms with Crippen LogP contribution in [-0.2, 0) is 23.7 Å². The summed E-state index contributed by atoms with van der Waals surface area (Å²) in [5.41, 5.74) is 4.63. The molecule has 0 saturated carbocycles. The number of nitrogens with zero attached hydrogens (tertiary/aromatic N) is 3. The molecule has 1 aliphatic heterocycles. The fourth-order valence-electron chi connectivity index (χ4n) is 3.75. The first-order chi connectivity index (χ1) is 14.3. The minimum Gasteiger partial charge on any atom is -0.379 e. The highest BCUT2D eigenvalue weighted by molar-refractivity contribution is 6.05. The number of carbonyl (C=O) groups is 1. The van der Waals surface area contributed by atoms with Crippen LogP contribution in [-0.4, -0.2) is 46.7 Å². The molecule has 0 bridgehead atoms. The van der Waals surface area contributed by atoms with Crippen molar-refractivity contribution in [2.24, 2.45) is 7.05 Å². The second-order valence-corrected chi connectivity index (χ2v) is 8.96. The van der Waals surface area contributed by atoms with Gasteiger partial charge in [0.2, 0.25) is 0 Å². The van der Waals surface area contributed by atoms with Gasteiger partial charge in [-0.15, -0.1) is 0 Å². The van der Waals surface area contributed by atoms with Gasteiger partial charge in [0.05, 0.1) is 30.8 Å². The maximum absolute atomic E-state index is 12.7. The van der Waals surface area contributed by atoms with E-state index >= 15 is 0 Å². The van der Waals surface area contributed by atoms with Crippen molar-refractivity contribution in [1.29, 1.82) is 0 Å². The van der Waals surface area contributed by atoms with E-state index < -0.39 is 0 Å². The third-order valence-electron chi connectivity index (χ3n) is 5.71. The molecule has 1 aromatic heterocycles. The van der Waals surface area contributed by atoms with Crippen LogP contribution in [0.15, 0.2) is 42.5 Å². The number of hydrogen-bond acceptors (Lipinski definition) is 4. The number of nitrogens with one attached hydrogen (secondary N) is 1. The van der Waals surface area contributed by atoms with Crippen molar-refractivity contribution in [3.8, 4) is 0 Å². The van der Waals surface area contributed by atoms with Gasteiger partial charge < -0.3 is 14.6 Å². The number of aryl methyl sites for hydroxylation is 1. The number of morpholine rings is 1. The summed E-state index contributed by atoms with van der Waals surface area (Å²) in [6, 6.07) is 13.7. The van der Waals surface area contributed by atoms with Crippen LogP contribution >= 0.6 is 0 Å². The van der Waals surface area contributed by atoms with Gasteiger partial charge in [-0.3, -0.25) is 9.69 Å². The minimum atomic E-state index is -0.112. The molecule has 6 heteroatoms. The van der Waals surface area contributed by atoms with Gasteiger partial charge in [-0.2, -0.15) is 0 Å². The van der Waals surface area contributed by atoms with Crippen molar-refractivity contribution in [1.82, 2.24) is 14.5 Å². The molecule has 1 N–H and O–H groups in total. The smallest absolute Gasteiger partial charge is 0.255 e. The molecule has 3 aromatic rings. The van der Waals surface area contributed by atoms with E-state index in [1.165, 1.54) is 5.56 Å². The lowest BCUT2D eigenvalue weighted by Gasteiger charge is -2.26. The zero-order chi connectivity index (χ0) is 21.3. The van der Waals surface area contributed by atoms with E-state index in [0.717, 1.165) is 55.4 Å². The Morgan fingerprint density at radius 2 is 1.80 bits per heavy atom. The zero-order valence-corrected chi connectivity index (χ0v) is 18.2. The number of rotatable bonds is 4. The zero-order valence-electron chi connectivity index (χ0n) is 18.2. The molecule has 4 rings (SSSR count). The largest absolute Gasteiger partial charge is 0.379 e. The van der Waals surface area contributed by atoms with Crippen LogP contribution in [0, 0.1) is 0 Å². The third-order valence-corrected chi connectivity index (χ3v) is 5.71. The van der Waals surface area contributed by atoms with Crippen LogP contribution in [0.2, 0.25) is 0 Å². The molecular formula is C24H30N4O2. The molecule has 158 valence electrons. The van der Waals surface area contributed by atoms with E-state index in [9.17, 15) is 4.79 Å². The fourth-order valence-corrected chi connectivity index (χ4v) is 3.75. The number of ether oxygens (including phenoxy) is 1. The summed E-state index contributed by atoms with van der Waals surface area (Å²) in [5, 5.41) is 3.00. The Kier molecular flexibility index (Phi) is 5.62. The van der Waals surface area contributed by atoms with Crippen LogP contribution in [0.5, 0.6) is 0 Å². The maximum atomic E-state index is 12.7. The number of aromatic nitrogens is 2. The molecule has 0 atom stereocenters. The van der Waals surface area contributed by atoms with Gasteiger partial charge in [0.1, 0.15) is 5.82 Å². The van der Waals surface area contributed by atoms with Gasteiger partial charge in [0.25, 0.3) is 5.91 Å². The van der Waals surface area contributed by atoms with Gasteiger partial charge in [-0.05, 0) is 41.3 Å². The van der Waals surface area contributed by atoms with Crippen molar-refractivity contribution in [2.45, 2.75) is 32.7 Å². The maximum Gasteiger partial charge on any atom is 0.255 e. The van der Waals surface area contributed by atoms with E-state index in [-0.39, 0.29) is 11.3 Å². The first-order valence-corrected chi connectivity index (χ1v) is 10.5. The summed E-state index contributed by atoms with van der Waals surface area (Å²) >= 11 is 0. The van der Waals surface area contributed by atoms with E-state index in [2.05, 4.69) is 35.6 Å². The van der Waals surface area contributed by atoms with Crippen LogP contribution in [0.4, 0.5) is 5.69 Å². The Hall–Kier alpha value is -2.70. The summed E-state index contributed by atoms with van der Waals surface area (Å²) in [4.78, 5) is 19.9. The molecule has 1 amide bonds. The second kappa shape index (κ2) is 8.20. The number of hydrogen-bond donors (Lipinski definition) is 1. The Balaban J connectivity index is 1.49. The van der Waals surface area contributed by atoms with Crippen molar-refractivity contribution < 1.29 is 9.53 Å². The molecule has 1 fully saturated rings. The molecule has 30 heavy (non-hydrogen) atoms. The van der Waals surface area contributed by atoms with Crippen LogP contribution in [0.1, 0.15) is 42.5 Å². The first-order valence-electron chi connectivity index (χ1n) is 10.5. The van der Waals surface area contributed by atoms with Gasteiger partial charge in [-0.1, -0.05) is 32.9 Å². The first kappa shape index (κ1) is 20.6. The third kappa shape index (κ3) is 4.40. The molecule has 2 heterocycles. The molecular weight excluding hydrogens is 376 g/mol. The average Bonchev–Trinajstić information content (AvgIpc) is 3.03. The van der Waals surface area contributed by atoms with Crippen molar-refractivity contribution in [3.05, 3.63) is 59.4 Å². The lowest BCUT2D eigenvalue weighted by molar-refractivity contribution is 0.0328. The average molecular weight is 407 g/mol. The van der Waals surface area contributed by atoms with Gasteiger partial charge in [-0.25, -0.2) is 4.98 Å². The highest BCUT2D eigenvalue weighted by Crippen LogP contribution is 2.24. The van der Waals surface area contributed by atoms with Gasteiger partial charge in [0, 0.05) is 31.4 Å². The molecule has 0 radical (unpaired) electrons. The normalized spacial score (nSPS) is 15.5. The van der Waals surface area contributed by atoms with E-state index in [0.29, 0.717) is 5.56 Å². The summed E-state index contributed by atoms with van der Waals surface area (Å²) in [5.74, 6) is 0.910. The van der Waals surface area contributed by atoms with E-state index in [1.807, 2.05) is 49.5 Å². The summed E-state index contributed by atoms with van der Waals surface area (Å²) < 4.78 is 7.56. The van der Waals surface area contributed by atoms with Gasteiger partial charge >= 0.3 is 0 Å². The quantitative estimate of drug-likeness (QED) is 0.713. The standard InChI is InChI=1S/C24H30N4O2/c1-24(2,3)18-7-5-17(6-8-18)23(29)25-19-9-10-21-20(15-19)26-22(27(21)4)16-28-11-13-30-14-12-28/h5-10,15H,11-14,16H2,1-4H3,(H,25,29). The Bertz CT molecular complexity index is 1040. The lowest BCUT2D eigenvalue weighted by atomic mass is 9.87. The molecule has 2 aromatic carbocycles. The Morgan fingerprint density at radius 3 is 2.47 bits per heavy atom. The number of amides is 1. The van der Waals surface area contributed by atoms with Crippen molar-refractivity contribution in [2.75, 3.05) is 31.6 Å². The van der Waals surface area contributed by atoms with Crippen LogP contribution < -0.4 is 5.32 Å². The minimum absolute atomic E-state index is 0.0674. The Labute approximate surface area is 177 Å². The van der Waals surface area contributed by atoms with Crippen LogP contribution in [0.3, 0.4) is 0 Å². The lowest BCUT2D eigenvalue weighted by Crippen LogP contribution is -2.36. The monoisotopic (exact) mass is 406 g/mol. The summed E-state index contributed by atoms with van der Waals surface area (Å²) in [6.45, 7) is 10.7.